The van der Waals surface area contributed by atoms with E-state index in [4.69, 9.17) is 14.2 Å². The van der Waals surface area contributed by atoms with Crippen molar-refractivity contribution in [2.24, 2.45) is 0 Å². The van der Waals surface area contributed by atoms with Gasteiger partial charge in [-0.15, -0.1) is 0 Å². The van der Waals surface area contributed by atoms with Gasteiger partial charge < -0.3 is 14.2 Å². The second-order valence-corrected chi connectivity index (χ2v) is 16.7. The first-order valence-electron chi connectivity index (χ1n) is 25.4. The zero-order chi connectivity index (χ0) is 44.4. The number of rotatable bonds is 45. The quantitative estimate of drug-likeness (QED) is 0.0263. The Kier molecular flexibility index (Phi) is 46.9. The molecule has 0 aliphatic rings. The molecule has 0 fully saturated rings. The van der Waals surface area contributed by atoms with Crippen LogP contribution in [0.1, 0.15) is 239 Å². The number of esters is 3. The summed E-state index contributed by atoms with van der Waals surface area (Å²) in [4.78, 5) is 37.9. The van der Waals surface area contributed by atoms with Crippen LogP contribution in [0.2, 0.25) is 0 Å². The molecule has 0 rings (SSSR count). The SMILES string of the molecule is CCCC/C=C\CCCCCCCC(=O)O[C@H](COC(=O)CCCCCC/C=C\C/C=C\C/C=C\CCCCC)COC(=O)CCCCCCC/C=C\C/C=C\CCCCC. The Morgan fingerprint density at radius 3 is 0.984 bits per heavy atom. The fraction of sp³-hybridized carbons (Fsp3) is 0.727. The van der Waals surface area contributed by atoms with E-state index in [-0.39, 0.29) is 31.1 Å². The van der Waals surface area contributed by atoms with E-state index in [0.717, 1.165) is 122 Å². The molecule has 0 heterocycles. The maximum Gasteiger partial charge on any atom is 0.306 e. The highest BCUT2D eigenvalue weighted by atomic mass is 16.6. The number of carbonyl (C=O) groups excluding carboxylic acids is 3. The van der Waals surface area contributed by atoms with Gasteiger partial charge in [-0.1, -0.05) is 184 Å². The standard InChI is InChI=1S/C55H94O6/c1-4-7-10-13-16-19-22-24-26-27-29-31-34-36-39-42-45-48-54(57)60-51-52(61-55(58)49-46-43-40-37-32-21-18-15-12-9-6-3)50-59-53(56)47-44-41-38-35-33-30-28-25-23-20-17-14-11-8-5-2/h15-20,24-26,28-29,31,52H,4-14,21-23,27,30,32-51H2,1-3H3/b18-15-,19-16-,20-17-,26-24-,28-25-,31-29-/t52-/m0/s1. The zero-order valence-corrected chi connectivity index (χ0v) is 39.9. The van der Waals surface area contributed by atoms with E-state index in [2.05, 4.69) is 93.7 Å². The van der Waals surface area contributed by atoms with Gasteiger partial charge in [0.05, 0.1) is 0 Å². The van der Waals surface area contributed by atoms with Crippen molar-refractivity contribution in [2.45, 2.75) is 245 Å². The van der Waals surface area contributed by atoms with Crippen LogP contribution in [0.3, 0.4) is 0 Å². The molecular formula is C55H94O6. The van der Waals surface area contributed by atoms with E-state index in [1.54, 1.807) is 0 Å². The highest BCUT2D eigenvalue weighted by Gasteiger charge is 2.19. The fourth-order valence-electron chi connectivity index (χ4n) is 6.75. The molecule has 0 aliphatic carbocycles. The lowest BCUT2D eigenvalue weighted by Gasteiger charge is -2.18. The minimum Gasteiger partial charge on any atom is -0.462 e. The predicted molar refractivity (Wildman–Crippen MR) is 261 cm³/mol. The minimum atomic E-state index is -0.793. The highest BCUT2D eigenvalue weighted by Crippen LogP contribution is 2.13. The molecule has 0 aromatic rings. The average molecular weight is 851 g/mol. The van der Waals surface area contributed by atoms with Crippen LogP contribution in [0.15, 0.2) is 72.9 Å². The van der Waals surface area contributed by atoms with E-state index >= 15 is 0 Å². The Labute approximate surface area is 376 Å². The van der Waals surface area contributed by atoms with Crippen molar-refractivity contribution in [1.82, 2.24) is 0 Å². The molecule has 0 aromatic heterocycles. The van der Waals surface area contributed by atoms with Gasteiger partial charge >= 0.3 is 17.9 Å². The third-order valence-electron chi connectivity index (χ3n) is 10.7. The van der Waals surface area contributed by atoms with Crippen molar-refractivity contribution in [3.63, 3.8) is 0 Å². The van der Waals surface area contributed by atoms with Crippen LogP contribution >= 0.6 is 0 Å². The summed E-state index contributed by atoms with van der Waals surface area (Å²) in [6, 6.07) is 0. The smallest absolute Gasteiger partial charge is 0.306 e. The van der Waals surface area contributed by atoms with Crippen molar-refractivity contribution in [2.75, 3.05) is 13.2 Å². The first-order chi connectivity index (χ1) is 30.0. The molecule has 1 atom stereocenters. The van der Waals surface area contributed by atoms with Gasteiger partial charge in [-0.05, 0) is 109 Å². The van der Waals surface area contributed by atoms with Gasteiger partial charge in [0, 0.05) is 19.3 Å². The Bertz CT molecular complexity index is 1160. The van der Waals surface area contributed by atoms with Crippen LogP contribution in [-0.4, -0.2) is 37.2 Å². The molecule has 0 spiro atoms. The Morgan fingerprint density at radius 1 is 0.328 bits per heavy atom. The van der Waals surface area contributed by atoms with Crippen LogP contribution in [-0.2, 0) is 28.6 Å². The van der Waals surface area contributed by atoms with Crippen molar-refractivity contribution in [1.29, 1.82) is 0 Å². The summed E-state index contributed by atoms with van der Waals surface area (Å²) in [6.07, 6.45) is 61.6. The molecule has 6 nitrogen and oxygen atoms in total. The maximum absolute atomic E-state index is 12.7. The first-order valence-corrected chi connectivity index (χ1v) is 25.4. The Balaban J connectivity index is 4.43. The van der Waals surface area contributed by atoms with Gasteiger partial charge in [-0.25, -0.2) is 0 Å². The fourth-order valence-corrected chi connectivity index (χ4v) is 6.75. The molecule has 0 saturated heterocycles. The number of unbranched alkanes of at least 4 members (excludes halogenated alkanes) is 22. The molecular weight excluding hydrogens is 757 g/mol. The zero-order valence-electron chi connectivity index (χ0n) is 39.9. The molecule has 0 aromatic carbocycles. The van der Waals surface area contributed by atoms with Gasteiger partial charge in [0.1, 0.15) is 13.2 Å². The lowest BCUT2D eigenvalue weighted by molar-refractivity contribution is -0.167. The number of hydrogen-bond donors (Lipinski definition) is 0. The van der Waals surface area contributed by atoms with Crippen LogP contribution < -0.4 is 0 Å². The summed E-state index contributed by atoms with van der Waals surface area (Å²) in [7, 11) is 0. The summed E-state index contributed by atoms with van der Waals surface area (Å²) in [5, 5.41) is 0. The maximum atomic E-state index is 12.7. The predicted octanol–water partition coefficient (Wildman–Crippen LogP) is 16.6. The average Bonchev–Trinajstić information content (AvgIpc) is 3.26. The van der Waals surface area contributed by atoms with Crippen LogP contribution in [0.4, 0.5) is 0 Å². The molecule has 0 unspecified atom stereocenters. The molecule has 0 saturated carbocycles. The van der Waals surface area contributed by atoms with Crippen LogP contribution in [0.25, 0.3) is 0 Å². The molecule has 0 aliphatic heterocycles. The summed E-state index contributed by atoms with van der Waals surface area (Å²) >= 11 is 0. The third-order valence-corrected chi connectivity index (χ3v) is 10.7. The second kappa shape index (κ2) is 49.5. The number of hydrogen-bond acceptors (Lipinski definition) is 6. The third kappa shape index (κ3) is 47.7. The Hall–Kier alpha value is -3.15. The Morgan fingerprint density at radius 2 is 0.607 bits per heavy atom. The van der Waals surface area contributed by atoms with E-state index in [1.807, 2.05) is 0 Å². The molecule has 6 heteroatoms. The van der Waals surface area contributed by atoms with E-state index < -0.39 is 6.10 Å². The first kappa shape index (κ1) is 57.9. The molecule has 61 heavy (non-hydrogen) atoms. The largest absolute Gasteiger partial charge is 0.462 e. The van der Waals surface area contributed by atoms with Gasteiger partial charge in [0.2, 0.25) is 0 Å². The van der Waals surface area contributed by atoms with Gasteiger partial charge in [-0.2, -0.15) is 0 Å². The van der Waals surface area contributed by atoms with E-state index in [1.165, 1.54) is 77.0 Å². The summed E-state index contributed by atoms with van der Waals surface area (Å²) in [5.41, 5.74) is 0. The summed E-state index contributed by atoms with van der Waals surface area (Å²) in [6.45, 7) is 6.50. The van der Waals surface area contributed by atoms with Gasteiger partial charge in [0.15, 0.2) is 6.10 Å². The van der Waals surface area contributed by atoms with Gasteiger partial charge in [-0.3, -0.25) is 14.4 Å². The normalized spacial score (nSPS) is 12.6. The summed E-state index contributed by atoms with van der Waals surface area (Å²) in [5.74, 6) is -0.939. The molecule has 0 bridgehead atoms. The van der Waals surface area contributed by atoms with Crippen molar-refractivity contribution in [3.05, 3.63) is 72.9 Å². The molecule has 0 radical (unpaired) electrons. The van der Waals surface area contributed by atoms with Gasteiger partial charge in [0.25, 0.3) is 0 Å². The lowest BCUT2D eigenvalue weighted by Crippen LogP contribution is -2.30. The van der Waals surface area contributed by atoms with E-state index in [0.29, 0.717) is 19.3 Å². The van der Waals surface area contributed by atoms with Crippen LogP contribution in [0.5, 0.6) is 0 Å². The summed E-state index contributed by atoms with van der Waals surface area (Å²) < 4.78 is 16.7. The van der Waals surface area contributed by atoms with E-state index in [9.17, 15) is 14.4 Å². The molecule has 350 valence electrons. The number of ether oxygens (including phenoxy) is 3. The highest BCUT2D eigenvalue weighted by molar-refractivity contribution is 5.71. The van der Waals surface area contributed by atoms with Crippen molar-refractivity contribution in [3.8, 4) is 0 Å². The second-order valence-electron chi connectivity index (χ2n) is 16.7. The monoisotopic (exact) mass is 851 g/mol. The lowest BCUT2D eigenvalue weighted by atomic mass is 10.1. The van der Waals surface area contributed by atoms with Crippen molar-refractivity contribution >= 4 is 17.9 Å². The molecule has 0 N–H and O–H groups in total. The van der Waals surface area contributed by atoms with Crippen LogP contribution in [0, 0.1) is 0 Å². The molecule has 0 amide bonds. The van der Waals surface area contributed by atoms with Crippen molar-refractivity contribution < 1.29 is 28.6 Å². The topological polar surface area (TPSA) is 78.9 Å². The number of allylic oxidation sites excluding steroid dienone is 12. The minimum absolute atomic E-state index is 0.0939. The number of carbonyl (C=O) groups is 3.